The molecule has 3 amide bonds. The molecule has 1 atom stereocenters. The van der Waals surface area contributed by atoms with Gasteiger partial charge in [-0.05, 0) is 61.2 Å². The van der Waals surface area contributed by atoms with Crippen LogP contribution < -0.4 is 10.6 Å². The van der Waals surface area contributed by atoms with Gasteiger partial charge in [0, 0.05) is 36.2 Å². The van der Waals surface area contributed by atoms with Crippen molar-refractivity contribution >= 4 is 28.5 Å². The lowest BCUT2D eigenvalue weighted by atomic mass is 9.98. The molecule has 0 radical (unpaired) electrons. The first kappa shape index (κ1) is 19.9. The topological polar surface area (TPSA) is 77.2 Å². The van der Waals surface area contributed by atoms with E-state index in [0.717, 1.165) is 12.8 Å². The number of hydrogen-bond acceptors (Lipinski definition) is 2. The highest BCUT2D eigenvalue weighted by atomic mass is 19.1. The molecule has 4 rings (SSSR count). The number of fused-ring (bicyclic) bond motifs is 1. The van der Waals surface area contributed by atoms with Crippen molar-refractivity contribution in [1.29, 1.82) is 0 Å². The maximum Gasteiger partial charge on any atom is 0.319 e. The average molecular weight is 412 g/mol. The Labute approximate surface area is 172 Å². The van der Waals surface area contributed by atoms with Gasteiger partial charge in [0.2, 0.25) is 0 Å². The van der Waals surface area contributed by atoms with Gasteiger partial charge in [-0.25, -0.2) is 13.6 Å². The molecule has 1 aromatic heterocycles. The van der Waals surface area contributed by atoms with Crippen LogP contribution in [0.2, 0.25) is 0 Å². The van der Waals surface area contributed by atoms with Gasteiger partial charge in [-0.2, -0.15) is 0 Å². The van der Waals surface area contributed by atoms with E-state index in [1.165, 1.54) is 30.3 Å². The van der Waals surface area contributed by atoms with Crippen molar-refractivity contribution in [3.63, 3.8) is 0 Å². The van der Waals surface area contributed by atoms with Crippen LogP contribution in [0.1, 0.15) is 23.3 Å². The zero-order valence-corrected chi connectivity index (χ0v) is 16.3. The van der Waals surface area contributed by atoms with E-state index in [1.807, 2.05) is 0 Å². The number of nitrogens with one attached hydrogen (secondary N) is 3. The molecule has 3 aromatic rings. The Morgan fingerprint density at radius 3 is 2.77 bits per heavy atom. The Kier molecular flexibility index (Phi) is 5.65. The largest absolute Gasteiger partial charge is 0.351 e. The summed E-state index contributed by atoms with van der Waals surface area (Å²) in [5, 5.41) is 6.04. The summed E-state index contributed by atoms with van der Waals surface area (Å²) in [7, 11) is 0. The van der Waals surface area contributed by atoms with E-state index in [9.17, 15) is 18.4 Å². The van der Waals surface area contributed by atoms with Crippen molar-refractivity contribution in [2.75, 3.05) is 25.0 Å². The molecule has 1 aliphatic heterocycles. The number of carbonyl (C=O) groups is 2. The van der Waals surface area contributed by atoms with Gasteiger partial charge in [-0.3, -0.25) is 4.79 Å². The van der Waals surface area contributed by atoms with E-state index >= 15 is 0 Å². The monoisotopic (exact) mass is 412 g/mol. The predicted octanol–water partition coefficient (Wildman–Crippen LogP) is 4.12. The van der Waals surface area contributed by atoms with Gasteiger partial charge in [-0.1, -0.05) is 6.07 Å². The van der Waals surface area contributed by atoms with Crippen LogP contribution in [0.3, 0.4) is 0 Å². The summed E-state index contributed by atoms with van der Waals surface area (Å²) in [6, 6.07) is 11.3. The van der Waals surface area contributed by atoms with Gasteiger partial charge in [0.1, 0.15) is 17.3 Å². The Hall–Kier alpha value is -3.42. The van der Waals surface area contributed by atoms with E-state index in [1.54, 1.807) is 23.1 Å². The van der Waals surface area contributed by atoms with E-state index in [-0.39, 0.29) is 17.6 Å². The number of benzene rings is 2. The highest BCUT2D eigenvalue weighted by Crippen LogP contribution is 2.21. The molecule has 1 saturated heterocycles. The fourth-order valence-electron chi connectivity index (χ4n) is 3.78. The minimum atomic E-state index is -0.422. The molecule has 6 nitrogen and oxygen atoms in total. The fourth-order valence-corrected chi connectivity index (χ4v) is 3.78. The number of carbonyl (C=O) groups excluding carboxylic acids is 2. The number of halogens is 2. The molecular weight excluding hydrogens is 390 g/mol. The second kappa shape index (κ2) is 8.52. The minimum Gasteiger partial charge on any atom is -0.351 e. The Morgan fingerprint density at radius 1 is 1.10 bits per heavy atom. The molecule has 1 aliphatic rings. The number of piperidine rings is 1. The van der Waals surface area contributed by atoms with Gasteiger partial charge < -0.3 is 20.5 Å². The predicted molar refractivity (Wildman–Crippen MR) is 110 cm³/mol. The van der Waals surface area contributed by atoms with Crippen molar-refractivity contribution in [3.05, 3.63) is 65.9 Å². The number of amides is 3. The van der Waals surface area contributed by atoms with E-state index in [0.29, 0.717) is 41.9 Å². The van der Waals surface area contributed by atoms with E-state index in [4.69, 9.17) is 0 Å². The van der Waals surface area contributed by atoms with E-state index in [2.05, 4.69) is 15.6 Å². The van der Waals surface area contributed by atoms with Gasteiger partial charge in [0.05, 0.1) is 0 Å². The third-order valence-electron chi connectivity index (χ3n) is 5.25. The Morgan fingerprint density at radius 2 is 1.93 bits per heavy atom. The van der Waals surface area contributed by atoms with Crippen molar-refractivity contribution in [1.82, 2.24) is 15.2 Å². The quantitative estimate of drug-likeness (QED) is 0.603. The Bertz CT molecular complexity index is 1080. The number of aromatic amines is 1. The smallest absolute Gasteiger partial charge is 0.319 e. The second-order valence-electron chi connectivity index (χ2n) is 7.52. The van der Waals surface area contributed by atoms with Gasteiger partial charge in [-0.15, -0.1) is 0 Å². The highest BCUT2D eigenvalue weighted by molar-refractivity contribution is 5.98. The number of hydrogen-bond donors (Lipinski definition) is 3. The lowest BCUT2D eigenvalue weighted by molar-refractivity contribution is 0.0670. The number of aromatic nitrogens is 1. The zero-order valence-electron chi connectivity index (χ0n) is 16.3. The van der Waals surface area contributed by atoms with Crippen LogP contribution in [0, 0.1) is 17.6 Å². The van der Waals surface area contributed by atoms with Crippen molar-refractivity contribution in [2.45, 2.75) is 12.8 Å². The van der Waals surface area contributed by atoms with E-state index < -0.39 is 11.8 Å². The highest BCUT2D eigenvalue weighted by Gasteiger charge is 2.25. The normalized spacial score (nSPS) is 16.5. The standard InChI is InChI=1S/C22H22F2N4O2/c23-16-4-1-5-18(11-16)26-22(30)25-12-14-3-2-8-28(13-14)21(29)20-10-15-9-17(24)6-7-19(15)27-20/h1,4-7,9-11,14,27H,2-3,8,12-13H2,(H2,25,26,30). The molecule has 0 aliphatic carbocycles. The first-order valence-corrected chi connectivity index (χ1v) is 9.86. The van der Waals surface area contributed by atoms with Crippen LogP contribution in [-0.4, -0.2) is 41.5 Å². The minimum absolute atomic E-state index is 0.114. The summed E-state index contributed by atoms with van der Waals surface area (Å²) in [6.45, 7) is 1.56. The summed E-state index contributed by atoms with van der Waals surface area (Å²) < 4.78 is 26.6. The van der Waals surface area contributed by atoms with Gasteiger partial charge >= 0.3 is 6.03 Å². The van der Waals surface area contributed by atoms with Crippen molar-refractivity contribution in [2.24, 2.45) is 5.92 Å². The summed E-state index contributed by atoms with van der Waals surface area (Å²) in [4.78, 5) is 29.7. The third-order valence-corrected chi connectivity index (χ3v) is 5.25. The molecule has 30 heavy (non-hydrogen) atoms. The number of likely N-dealkylation sites (tertiary alicyclic amines) is 1. The maximum absolute atomic E-state index is 13.4. The summed E-state index contributed by atoms with van der Waals surface area (Å²) in [5.74, 6) is -0.793. The lowest BCUT2D eigenvalue weighted by Gasteiger charge is -2.32. The van der Waals surface area contributed by atoms with Crippen molar-refractivity contribution < 1.29 is 18.4 Å². The maximum atomic E-state index is 13.4. The number of urea groups is 1. The molecule has 156 valence electrons. The summed E-state index contributed by atoms with van der Waals surface area (Å²) in [5.41, 5.74) is 1.51. The fraction of sp³-hybridized carbons (Fsp3) is 0.273. The summed E-state index contributed by atoms with van der Waals surface area (Å²) >= 11 is 0. The van der Waals surface area contributed by atoms with Crippen molar-refractivity contribution in [3.8, 4) is 0 Å². The van der Waals surface area contributed by atoms with Crippen LogP contribution in [0.4, 0.5) is 19.3 Å². The molecule has 1 unspecified atom stereocenters. The second-order valence-corrected chi connectivity index (χ2v) is 7.52. The molecule has 2 aromatic carbocycles. The molecule has 8 heteroatoms. The number of rotatable bonds is 4. The average Bonchev–Trinajstić information content (AvgIpc) is 3.15. The first-order valence-electron chi connectivity index (χ1n) is 9.86. The van der Waals surface area contributed by atoms with Gasteiger partial charge in [0.15, 0.2) is 0 Å². The number of nitrogens with zero attached hydrogens (tertiary/aromatic N) is 1. The molecular formula is C22H22F2N4O2. The van der Waals surface area contributed by atoms with Crippen LogP contribution in [0.5, 0.6) is 0 Å². The molecule has 0 bridgehead atoms. The molecule has 0 spiro atoms. The van der Waals surface area contributed by atoms with Gasteiger partial charge in [0.25, 0.3) is 5.91 Å². The SMILES string of the molecule is O=C(NCC1CCCN(C(=O)c2cc3cc(F)ccc3[nH]2)C1)Nc1cccc(F)c1. The molecule has 3 N–H and O–H groups in total. The molecule has 0 saturated carbocycles. The van der Waals surface area contributed by atoms with Crippen LogP contribution in [0.15, 0.2) is 48.5 Å². The first-order chi connectivity index (χ1) is 14.5. The van der Waals surface area contributed by atoms with Crippen LogP contribution in [-0.2, 0) is 0 Å². The number of H-pyrrole nitrogens is 1. The molecule has 2 heterocycles. The molecule has 1 fully saturated rings. The zero-order chi connectivity index (χ0) is 21.1. The number of anilines is 1. The van der Waals surface area contributed by atoms with Crippen LogP contribution in [0.25, 0.3) is 10.9 Å². The Balaban J connectivity index is 1.33. The lowest BCUT2D eigenvalue weighted by Crippen LogP contribution is -2.44. The summed E-state index contributed by atoms with van der Waals surface area (Å²) in [6.07, 6.45) is 1.72. The third kappa shape index (κ3) is 4.59. The van der Waals surface area contributed by atoms with Crippen LogP contribution >= 0.6 is 0 Å².